The van der Waals surface area contributed by atoms with Crippen LogP contribution < -0.4 is 20.9 Å². The lowest BCUT2D eigenvalue weighted by Crippen LogP contribution is -2.37. The molecule has 0 radical (unpaired) electrons. The zero-order valence-corrected chi connectivity index (χ0v) is 23.2. The Morgan fingerprint density at radius 1 is 0.810 bits per heavy atom. The highest BCUT2D eigenvalue weighted by Gasteiger charge is 2.20. The molecule has 11 heteroatoms. The van der Waals surface area contributed by atoms with E-state index in [1.54, 1.807) is 42.6 Å². The Morgan fingerprint density at radius 3 is 2.07 bits per heavy atom. The molecule has 5 aromatic rings. The highest BCUT2D eigenvalue weighted by Crippen LogP contribution is 2.31. The fourth-order valence-corrected chi connectivity index (χ4v) is 4.69. The number of morpholine rings is 1. The minimum Gasteiger partial charge on any atom is -0.461 e. The normalized spacial score (nSPS) is 13.1. The molecule has 4 heterocycles. The van der Waals surface area contributed by atoms with E-state index in [1.807, 2.05) is 37.3 Å². The zero-order valence-electron chi connectivity index (χ0n) is 23.2. The van der Waals surface area contributed by atoms with Gasteiger partial charge in [-0.15, -0.1) is 0 Å². The summed E-state index contributed by atoms with van der Waals surface area (Å²) in [6, 6.07) is 19.6. The van der Waals surface area contributed by atoms with Gasteiger partial charge in [0.25, 0.3) is 0 Å². The van der Waals surface area contributed by atoms with E-state index in [-0.39, 0.29) is 5.91 Å². The van der Waals surface area contributed by atoms with Crippen molar-refractivity contribution in [1.82, 2.24) is 15.0 Å². The second-order valence-electron chi connectivity index (χ2n) is 9.89. The van der Waals surface area contributed by atoms with E-state index in [4.69, 9.17) is 24.1 Å². The van der Waals surface area contributed by atoms with Crippen molar-refractivity contribution >= 4 is 45.9 Å². The summed E-state index contributed by atoms with van der Waals surface area (Å²) in [7, 11) is 0. The minimum atomic E-state index is -0.390. The number of carbonyl (C=O) groups excluding carboxylic acids is 2. The van der Waals surface area contributed by atoms with Gasteiger partial charge in [0.05, 0.1) is 18.7 Å². The van der Waals surface area contributed by atoms with Crippen LogP contribution in [0.5, 0.6) is 0 Å². The molecule has 212 valence electrons. The van der Waals surface area contributed by atoms with E-state index in [9.17, 15) is 9.59 Å². The summed E-state index contributed by atoms with van der Waals surface area (Å²) < 4.78 is 11.4. The van der Waals surface area contributed by atoms with Crippen LogP contribution in [-0.4, -0.2) is 53.2 Å². The largest absolute Gasteiger partial charge is 0.461 e. The Balaban J connectivity index is 1.24. The maximum absolute atomic E-state index is 12.6. The van der Waals surface area contributed by atoms with Crippen molar-refractivity contribution in [3.63, 3.8) is 0 Å². The third kappa shape index (κ3) is 6.06. The Bertz CT molecular complexity index is 1740. The first kappa shape index (κ1) is 26.9. The molecule has 1 saturated heterocycles. The Hall–Kier alpha value is -5.29. The van der Waals surface area contributed by atoms with Crippen LogP contribution in [0.1, 0.15) is 12.7 Å². The first-order valence-electron chi connectivity index (χ1n) is 13.5. The predicted molar refractivity (Wildman–Crippen MR) is 162 cm³/mol. The molecule has 0 saturated carbocycles. The number of fused-ring (bicyclic) bond motifs is 1. The number of rotatable bonds is 6. The van der Waals surface area contributed by atoms with Crippen LogP contribution in [0.25, 0.3) is 33.7 Å². The molecule has 11 nitrogen and oxygen atoms in total. The fraction of sp³-hybridized carbons (Fsp3) is 0.194. The van der Waals surface area contributed by atoms with Gasteiger partial charge in [-0.3, -0.25) is 4.79 Å². The van der Waals surface area contributed by atoms with Crippen molar-refractivity contribution in [3.8, 4) is 22.7 Å². The molecule has 3 amide bonds. The van der Waals surface area contributed by atoms with E-state index in [2.05, 4.69) is 20.9 Å². The first-order chi connectivity index (χ1) is 20.4. The maximum atomic E-state index is 12.6. The second-order valence-corrected chi connectivity index (χ2v) is 9.89. The monoisotopic (exact) mass is 563 g/mol. The minimum absolute atomic E-state index is 0.159. The molecule has 0 spiro atoms. The van der Waals surface area contributed by atoms with Gasteiger partial charge < -0.3 is 30.0 Å². The molecule has 0 bridgehead atoms. The number of hydrogen-bond donors (Lipinski definition) is 3. The first-order valence-corrected chi connectivity index (χ1v) is 13.5. The number of nitrogens with one attached hydrogen (secondary N) is 3. The molecule has 1 aliphatic rings. The van der Waals surface area contributed by atoms with Crippen LogP contribution in [-0.2, 0) is 9.53 Å². The molecule has 3 N–H and O–H groups in total. The Morgan fingerprint density at radius 2 is 1.45 bits per heavy atom. The van der Waals surface area contributed by atoms with Gasteiger partial charge in [-0.05, 0) is 73.7 Å². The molecular formula is C31H29N7O4. The summed E-state index contributed by atoms with van der Waals surface area (Å²) in [6.07, 6.45) is 1.79. The molecule has 6 rings (SSSR count). The van der Waals surface area contributed by atoms with Crippen LogP contribution in [0.15, 0.2) is 77.3 Å². The molecule has 0 unspecified atom stereocenters. The van der Waals surface area contributed by atoms with Crippen molar-refractivity contribution < 1.29 is 18.7 Å². The van der Waals surface area contributed by atoms with Gasteiger partial charge in [0, 0.05) is 54.4 Å². The van der Waals surface area contributed by atoms with Crippen LogP contribution in [0.2, 0.25) is 0 Å². The highest BCUT2D eigenvalue weighted by molar-refractivity contribution is 6.00. The number of carbonyl (C=O) groups is 2. The van der Waals surface area contributed by atoms with Crippen LogP contribution in [0, 0.1) is 6.92 Å². The SMILES string of the molecule is CC(=O)Nc1ccc(NC(=O)Nc2ccc(-c3nc(N4CCOCC4)c4ncc(-c5ccc(C)o5)cc4n3)cc2)cc1. The van der Waals surface area contributed by atoms with Crippen LogP contribution >= 0.6 is 0 Å². The average molecular weight is 564 g/mol. The Labute approximate surface area is 241 Å². The number of pyridine rings is 1. The summed E-state index contributed by atoms with van der Waals surface area (Å²) in [4.78, 5) is 40.5. The maximum Gasteiger partial charge on any atom is 0.323 e. The number of urea groups is 1. The number of aromatic nitrogens is 3. The third-order valence-corrected chi connectivity index (χ3v) is 6.72. The van der Waals surface area contributed by atoms with Crippen molar-refractivity contribution in [2.24, 2.45) is 0 Å². The van der Waals surface area contributed by atoms with Gasteiger partial charge in [0.15, 0.2) is 11.6 Å². The number of benzene rings is 2. The molecule has 0 atom stereocenters. The fourth-order valence-electron chi connectivity index (χ4n) is 4.69. The summed E-state index contributed by atoms with van der Waals surface area (Å²) in [5.74, 6) is 2.70. The number of nitrogens with zero attached hydrogens (tertiary/aromatic N) is 4. The molecule has 3 aromatic heterocycles. The molecule has 1 fully saturated rings. The van der Waals surface area contributed by atoms with Crippen molar-refractivity contribution in [3.05, 3.63) is 78.7 Å². The topological polar surface area (TPSA) is 135 Å². The lowest BCUT2D eigenvalue weighted by Gasteiger charge is -2.28. The third-order valence-electron chi connectivity index (χ3n) is 6.72. The predicted octanol–water partition coefficient (Wildman–Crippen LogP) is 5.70. The van der Waals surface area contributed by atoms with Crippen LogP contribution in [0.3, 0.4) is 0 Å². The lowest BCUT2D eigenvalue weighted by molar-refractivity contribution is -0.114. The molecule has 42 heavy (non-hydrogen) atoms. The number of anilines is 4. The number of furan rings is 1. The highest BCUT2D eigenvalue weighted by atomic mass is 16.5. The molecular weight excluding hydrogens is 534 g/mol. The quantitative estimate of drug-likeness (QED) is 0.240. The summed E-state index contributed by atoms with van der Waals surface area (Å²) >= 11 is 0. The van der Waals surface area contributed by atoms with Crippen molar-refractivity contribution in [2.45, 2.75) is 13.8 Å². The average Bonchev–Trinajstić information content (AvgIpc) is 3.44. The summed E-state index contributed by atoms with van der Waals surface area (Å²) in [6.45, 7) is 6.00. The number of aryl methyl sites for hydroxylation is 1. The van der Waals surface area contributed by atoms with E-state index >= 15 is 0 Å². The smallest absolute Gasteiger partial charge is 0.323 e. The molecule has 2 aromatic carbocycles. The summed E-state index contributed by atoms with van der Waals surface area (Å²) in [5.41, 5.74) is 4.91. The van der Waals surface area contributed by atoms with E-state index in [0.717, 1.165) is 28.5 Å². The second kappa shape index (κ2) is 11.7. The standard InChI is InChI=1S/C31H29N7O4/c1-19-3-12-27(42-19)22-17-26-28(32-18-22)30(38-13-15-41-16-14-38)37-29(36-26)21-4-6-24(7-5-21)34-31(40)35-25-10-8-23(9-11-25)33-20(2)39/h3-12,17-18H,13-16H2,1-2H3,(H,33,39)(H2,34,35,40). The van der Waals surface area contributed by atoms with Crippen LogP contribution in [0.4, 0.5) is 27.7 Å². The van der Waals surface area contributed by atoms with Crippen molar-refractivity contribution in [2.75, 3.05) is 47.2 Å². The van der Waals surface area contributed by atoms with Gasteiger partial charge in [0.1, 0.15) is 17.0 Å². The van der Waals surface area contributed by atoms with Crippen molar-refractivity contribution in [1.29, 1.82) is 0 Å². The van der Waals surface area contributed by atoms with E-state index < -0.39 is 6.03 Å². The molecule has 0 aliphatic carbocycles. The lowest BCUT2D eigenvalue weighted by atomic mass is 10.1. The van der Waals surface area contributed by atoms with Gasteiger partial charge in [-0.2, -0.15) is 0 Å². The van der Waals surface area contributed by atoms with E-state index in [1.165, 1.54) is 6.92 Å². The number of hydrogen-bond acceptors (Lipinski definition) is 8. The zero-order chi connectivity index (χ0) is 29.1. The number of amides is 3. The molecule has 1 aliphatic heterocycles. The summed E-state index contributed by atoms with van der Waals surface area (Å²) in [5, 5.41) is 8.31. The van der Waals surface area contributed by atoms with E-state index in [0.29, 0.717) is 60.2 Å². The number of ether oxygens (including phenoxy) is 1. The van der Waals surface area contributed by atoms with Gasteiger partial charge in [-0.1, -0.05) is 0 Å². The van der Waals surface area contributed by atoms with Gasteiger partial charge in [-0.25, -0.2) is 19.7 Å². The van der Waals surface area contributed by atoms with Gasteiger partial charge >= 0.3 is 6.03 Å². The van der Waals surface area contributed by atoms with Gasteiger partial charge in [0.2, 0.25) is 5.91 Å². The Kier molecular flexibility index (Phi) is 7.48.